The number of alkyl halides is 6. The Labute approximate surface area is 134 Å². The second kappa shape index (κ2) is 7.23. The highest BCUT2D eigenvalue weighted by Gasteiger charge is 2.38. The maximum atomic E-state index is 12.5. The molecule has 2 aromatic rings. The average molecular weight is 370 g/mol. The number of amides is 1. The van der Waals surface area contributed by atoms with Gasteiger partial charge < -0.3 is 15.3 Å². The minimum absolute atomic E-state index is 0.0508. The second-order valence-electron chi connectivity index (χ2n) is 4.28. The molecule has 0 saturated carbocycles. The Balaban J connectivity index is 0.000000381. The molecule has 2 rings (SSSR count). The van der Waals surface area contributed by atoms with Gasteiger partial charge in [-0.1, -0.05) is 12.1 Å². The van der Waals surface area contributed by atoms with E-state index in [2.05, 4.69) is 4.98 Å². The van der Waals surface area contributed by atoms with E-state index in [4.69, 9.17) is 20.1 Å². The molecule has 3 N–H and O–H groups in total. The van der Waals surface area contributed by atoms with Crippen molar-refractivity contribution in [3.8, 4) is 11.3 Å². The lowest BCUT2D eigenvalue weighted by Gasteiger charge is -2.06. The number of nitrogens with zero attached hydrogens (tertiary/aromatic N) is 1. The predicted octanol–water partition coefficient (Wildman–Crippen LogP) is 3.09. The molecule has 25 heavy (non-hydrogen) atoms. The van der Waals surface area contributed by atoms with Crippen LogP contribution in [0.3, 0.4) is 0 Å². The van der Waals surface area contributed by atoms with Crippen LogP contribution >= 0.6 is 0 Å². The maximum Gasteiger partial charge on any atom is 0.490 e. The zero-order valence-electron chi connectivity index (χ0n) is 11.9. The number of aromatic nitrogens is 1. The number of nitrogens with two attached hydrogens (primary N) is 1. The molecule has 0 aliphatic carbocycles. The fourth-order valence-corrected chi connectivity index (χ4v) is 1.37. The summed E-state index contributed by atoms with van der Waals surface area (Å²) in [6, 6.07) is 4.51. The van der Waals surface area contributed by atoms with E-state index in [1.165, 1.54) is 12.1 Å². The van der Waals surface area contributed by atoms with Crippen molar-refractivity contribution in [1.29, 1.82) is 0 Å². The molecule has 136 valence electrons. The minimum atomic E-state index is -5.08. The highest BCUT2D eigenvalue weighted by molar-refractivity contribution is 5.88. The van der Waals surface area contributed by atoms with Gasteiger partial charge in [-0.2, -0.15) is 26.3 Å². The van der Waals surface area contributed by atoms with E-state index in [9.17, 15) is 31.1 Å². The van der Waals surface area contributed by atoms with Crippen molar-refractivity contribution in [2.24, 2.45) is 5.73 Å². The topological polar surface area (TPSA) is 106 Å². The number of benzene rings is 1. The Morgan fingerprint density at radius 3 is 2.08 bits per heavy atom. The van der Waals surface area contributed by atoms with Crippen molar-refractivity contribution in [3.05, 3.63) is 41.9 Å². The molecule has 0 fully saturated rings. The Kier molecular flexibility index (Phi) is 5.79. The molecule has 1 aromatic heterocycles. The monoisotopic (exact) mass is 370 g/mol. The van der Waals surface area contributed by atoms with Crippen LogP contribution in [0.25, 0.3) is 11.3 Å². The standard InChI is InChI=1S/C11H7F3N2O2.C2HF3O2/c12-11(13,14)7-3-1-2-6(4-7)8-5-16-10(18-8)9(15)17;3-2(4,5)1(6)7/h1-5H,(H2,15,17);(H,6,7). The minimum Gasteiger partial charge on any atom is -0.475 e. The third kappa shape index (κ3) is 5.82. The van der Waals surface area contributed by atoms with Crippen LogP contribution in [0.2, 0.25) is 0 Å². The molecule has 0 bridgehead atoms. The summed E-state index contributed by atoms with van der Waals surface area (Å²) in [4.78, 5) is 23.2. The predicted molar refractivity (Wildman–Crippen MR) is 69.1 cm³/mol. The number of hydrogen-bond acceptors (Lipinski definition) is 4. The summed E-state index contributed by atoms with van der Waals surface area (Å²) < 4.78 is 74.2. The van der Waals surface area contributed by atoms with E-state index in [-0.39, 0.29) is 17.2 Å². The second-order valence-corrected chi connectivity index (χ2v) is 4.28. The fraction of sp³-hybridized carbons (Fsp3) is 0.154. The largest absolute Gasteiger partial charge is 0.490 e. The fourth-order valence-electron chi connectivity index (χ4n) is 1.37. The molecule has 1 heterocycles. The summed E-state index contributed by atoms with van der Waals surface area (Å²) >= 11 is 0. The number of hydrogen-bond donors (Lipinski definition) is 2. The smallest absolute Gasteiger partial charge is 0.475 e. The van der Waals surface area contributed by atoms with E-state index in [0.717, 1.165) is 18.3 Å². The molecular weight excluding hydrogens is 362 g/mol. The Morgan fingerprint density at radius 2 is 1.68 bits per heavy atom. The summed E-state index contributed by atoms with van der Waals surface area (Å²) in [5.74, 6) is -3.93. The first-order valence-corrected chi connectivity index (χ1v) is 6.05. The third-order valence-corrected chi connectivity index (χ3v) is 2.43. The van der Waals surface area contributed by atoms with Crippen LogP contribution in [0, 0.1) is 0 Å². The molecule has 1 aromatic carbocycles. The van der Waals surface area contributed by atoms with E-state index in [1.807, 2.05) is 0 Å². The van der Waals surface area contributed by atoms with Gasteiger partial charge in [0.05, 0.1) is 11.8 Å². The molecule has 1 amide bonds. The zero-order valence-corrected chi connectivity index (χ0v) is 11.9. The SMILES string of the molecule is NC(=O)c1ncc(-c2cccc(C(F)(F)F)c2)o1.O=C(O)C(F)(F)F. The summed E-state index contributed by atoms with van der Waals surface area (Å²) in [5.41, 5.74) is 4.29. The van der Waals surface area contributed by atoms with Gasteiger partial charge in [0.1, 0.15) is 0 Å². The molecule has 0 spiro atoms. The number of aliphatic carboxylic acids is 1. The van der Waals surface area contributed by atoms with Crippen molar-refractivity contribution < 1.29 is 45.5 Å². The highest BCUT2D eigenvalue weighted by atomic mass is 19.4. The van der Waals surface area contributed by atoms with Gasteiger partial charge in [-0.05, 0) is 12.1 Å². The molecule has 6 nitrogen and oxygen atoms in total. The summed E-state index contributed by atoms with van der Waals surface area (Å²) in [6.07, 6.45) is -8.38. The number of carbonyl (C=O) groups is 2. The van der Waals surface area contributed by atoms with Crippen LogP contribution in [0.15, 0.2) is 34.9 Å². The van der Waals surface area contributed by atoms with Crippen LogP contribution < -0.4 is 5.73 Å². The van der Waals surface area contributed by atoms with Gasteiger partial charge in [0.2, 0.25) is 0 Å². The van der Waals surface area contributed by atoms with Crippen LogP contribution in [-0.4, -0.2) is 28.1 Å². The number of rotatable bonds is 2. The van der Waals surface area contributed by atoms with Gasteiger partial charge in [0.25, 0.3) is 5.89 Å². The van der Waals surface area contributed by atoms with Gasteiger partial charge in [-0.15, -0.1) is 0 Å². The van der Waals surface area contributed by atoms with Gasteiger partial charge >= 0.3 is 24.2 Å². The van der Waals surface area contributed by atoms with Crippen LogP contribution in [0.1, 0.15) is 16.2 Å². The lowest BCUT2D eigenvalue weighted by Crippen LogP contribution is -2.21. The quantitative estimate of drug-likeness (QED) is 0.790. The Bertz CT molecular complexity index is 766. The zero-order chi connectivity index (χ0) is 19.4. The van der Waals surface area contributed by atoms with Crippen molar-refractivity contribution in [2.45, 2.75) is 12.4 Å². The summed E-state index contributed by atoms with van der Waals surface area (Å²) in [7, 11) is 0. The Morgan fingerprint density at radius 1 is 1.12 bits per heavy atom. The highest BCUT2D eigenvalue weighted by Crippen LogP contribution is 2.32. The van der Waals surface area contributed by atoms with E-state index in [1.54, 1.807) is 0 Å². The number of carboxylic acid groups (broad SMARTS) is 1. The number of oxazole rings is 1. The molecule has 0 saturated heterocycles. The van der Waals surface area contributed by atoms with Crippen LogP contribution in [-0.2, 0) is 11.0 Å². The molecule has 0 radical (unpaired) electrons. The van der Waals surface area contributed by atoms with E-state index < -0.39 is 29.8 Å². The van der Waals surface area contributed by atoms with Crippen LogP contribution in [0.5, 0.6) is 0 Å². The van der Waals surface area contributed by atoms with Gasteiger partial charge in [0.15, 0.2) is 5.76 Å². The lowest BCUT2D eigenvalue weighted by atomic mass is 10.1. The molecular formula is C13H8F6N2O4. The third-order valence-electron chi connectivity index (χ3n) is 2.43. The lowest BCUT2D eigenvalue weighted by molar-refractivity contribution is -0.192. The summed E-state index contributed by atoms with van der Waals surface area (Å²) in [5, 5.41) is 7.12. The number of halogens is 6. The average Bonchev–Trinajstić information content (AvgIpc) is 2.96. The molecule has 0 aliphatic rings. The summed E-state index contributed by atoms with van der Waals surface area (Å²) in [6.45, 7) is 0. The molecule has 0 unspecified atom stereocenters. The maximum absolute atomic E-state index is 12.5. The Hall–Kier alpha value is -3.05. The van der Waals surface area contributed by atoms with E-state index in [0.29, 0.717) is 0 Å². The van der Waals surface area contributed by atoms with Crippen molar-refractivity contribution in [1.82, 2.24) is 4.98 Å². The van der Waals surface area contributed by atoms with Crippen LogP contribution in [0.4, 0.5) is 26.3 Å². The van der Waals surface area contributed by atoms with E-state index >= 15 is 0 Å². The van der Waals surface area contributed by atoms with Gasteiger partial charge in [0, 0.05) is 5.56 Å². The normalized spacial score (nSPS) is 11.4. The molecule has 0 aliphatic heterocycles. The van der Waals surface area contributed by atoms with Crippen molar-refractivity contribution >= 4 is 11.9 Å². The molecule has 0 atom stereocenters. The number of carboxylic acids is 1. The van der Waals surface area contributed by atoms with Gasteiger partial charge in [-0.3, -0.25) is 4.79 Å². The first-order chi connectivity index (χ1) is 11.3. The molecule has 12 heteroatoms. The first-order valence-electron chi connectivity index (χ1n) is 6.05. The van der Waals surface area contributed by atoms with Crippen molar-refractivity contribution in [3.63, 3.8) is 0 Å². The first kappa shape index (κ1) is 20.0. The number of primary amides is 1. The van der Waals surface area contributed by atoms with Gasteiger partial charge in [-0.25, -0.2) is 9.78 Å². The van der Waals surface area contributed by atoms with Crippen molar-refractivity contribution in [2.75, 3.05) is 0 Å². The number of carbonyl (C=O) groups excluding carboxylic acids is 1.